The van der Waals surface area contributed by atoms with E-state index in [0.717, 1.165) is 55.3 Å². The van der Waals surface area contributed by atoms with Crippen molar-refractivity contribution in [2.45, 2.75) is 64.3 Å². The van der Waals surface area contributed by atoms with Crippen molar-refractivity contribution in [2.75, 3.05) is 31.2 Å². The summed E-state index contributed by atoms with van der Waals surface area (Å²) in [5.41, 5.74) is 0.864. The molecule has 4 heterocycles. The van der Waals surface area contributed by atoms with Gasteiger partial charge in [-0.2, -0.15) is 5.10 Å². The molecule has 0 radical (unpaired) electrons. The Hall–Kier alpha value is -2.17. The van der Waals surface area contributed by atoms with Crippen molar-refractivity contribution in [1.82, 2.24) is 20.1 Å². The number of carboxylic acid groups (broad SMARTS) is 1. The lowest BCUT2D eigenvalue weighted by molar-refractivity contribution is 0.0817. The highest BCUT2D eigenvalue weighted by atomic mass is 28.3. The van der Waals surface area contributed by atoms with Crippen LogP contribution in [-0.2, 0) is 16.2 Å². The molecule has 0 aromatic carbocycles. The number of nitrogens with zero attached hydrogens (tertiary/aromatic N) is 4. The number of piperidine rings is 1. The fraction of sp³-hybridized carbons (Fsp3) is 0.682. The Morgan fingerprint density at radius 1 is 1.38 bits per heavy atom. The zero-order valence-electron chi connectivity index (χ0n) is 19.5. The minimum absolute atomic E-state index is 0.113. The summed E-state index contributed by atoms with van der Waals surface area (Å²) in [4.78, 5) is 18.3. The Balaban J connectivity index is 1.44. The molecule has 2 aliphatic rings. The molecule has 10 heteroatoms. The molecule has 1 spiro atoms. The Morgan fingerprint density at radius 2 is 2.12 bits per heavy atom. The van der Waals surface area contributed by atoms with E-state index < -0.39 is 14.2 Å². The van der Waals surface area contributed by atoms with E-state index in [1.807, 2.05) is 30.1 Å². The number of ether oxygens (including phenoxy) is 2. The van der Waals surface area contributed by atoms with Crippen LogP contribution in [0.4, 0.5) is 10.6 Å². The Labute approximate surface area is 190 Å². The number of anilines is 1. The van der Waals surface area contributed by atoms with Gasteiger partial charge in [-0.25, -0.2) is 14.5 Å². The highest BCUT2D eigenvalue weighted by Gasteiger charge is 2.50. The molecule has 2 aromatic rings. The molecule has 32 heavy (non-hydrogen) atoms. The summed E-state index contributed by atoms with van der Waals surface area (Å²) in [6, 6.07) is 2.94. The van der Waals surface area contributed by atoms with Crippen molar-refractivity contribution in [3.05, 3.63) is 18.5 Å². The molecule has 0 aliphatic carbocycles. The smallest absolute Gasteiger partial charge is 0.404 e. The maximum Gasteiger partial charge on any atom is 0.404 e. The first-order chi connectivity index (χ1) is 15.2. The molecule has 2 atom stereocenters. The van der Waals surface area contributed by atoms with Crippen LogP contribution in [-0.4, -0.2) is 72.5 Å². The maximum atomic E-state index is 11.3. The fourth-order valence-electron chi connectivity index (χ4n) is 4.88. The van der Waals surface area contributed by atoms with Crippen LogP contribution < -0.4 is 10.2 Å². The van der Waals surface area contributed by atoms with E-state index in [-0.39, 0.29) is 17.6 Å². The van der Waals surface area contributed by atoms with Crippen LogP contribution in [0, 0.1) is 5.41 Å². The summed E-state index contributed by atoms with van der Waals surface area (Å²) in [7, 11) is -1.11. The fourth-order valence-corrected chi connectivity index (χ4v) is 5.64. The number of amides is 1. The minimum atomic E-state index is -1.11. The molecule has 0 unspecified atom stereocenters. The molecule has 2 fully saturated rings. The topological polar surface area (TPSA) is 102 Å². The molecule has 0 bridgehead atoms. The largest absolute Gasteiger partial charge is 0.465 e. The predicted molar refractivity (Wildman–Crippen MR) is 126 cm³/mol. The first-order valence-electron chi connectivity index (χ1n) is 11.4. The van der Waals surface area contributed by atoms with E-state index in [1.54, 1.807) is 0 Å². The number of carbonyl (C=O) groups is 1. The van der Waals surface area contributed by atoms with Crippen molar-refractivity contribution < 1.29 is 19.4 Å². The van der Waals surface area contributed by atoms with Gasteiger partial charge < -0.3 is 24.8 Å². The zero-order chi connectivity index (χ0) is 22.9. The highest BCUT2D eigenvalue weighted by molar-refractivity contribution is 6.76. The molecular formula is C22H35N5O4Si. The van der Waals surface area contributed by atoms with Gasteiger partial charge in [0.1, 0.15) is 12.5 Å². The van der Waals surface area contributed by atoms with Gasteiger partial charge in [0.2, 0.25) is 0 Å². The SMILES string of the molecule is C[C@@H]1OCC2(CCN(c3nccc4c3cnn4COCC[Si](C)(C)C)CC2)[C@@H]1NC(=O)O. The first-order valence-corrected chi connectivity index (χ1v) is 15.1. The summed E-state index contributed by atoms with van der Waals surface area (Å²) in [6.07, 6.45) is 4.32. The third-order valence-electron chi connectivity index (χ3n) is 6.86. The standard InChI is InChI=1S/C22H35N5O4Si/c1-16-19(25-21(28)29)22(14-31-16)6-9-26(10-7-22)20-17-13-24-27(18(17)5-8-23-20)15-30-11-12-32(2,3)4/h5,8,13,16,19,25H,6-7,9-12,14-15H2,1-4H3,(H,28,29)/t16-,19+/m0/s1. The van der Waals surface area contributed by atoms with Crippen molar-refractivity contribution in [1.29, 1.82) is 0 Å². The second kappa shape index (κ2) is 8.99. The van der Waals surface area contributed by atoms with Crippen molar-refractivity contribution in [3.63, 3.8) is 0 Å². The summed E-state index contributed by atoms with van der Waals surface area (Å²) in [6.45, 7) is 12.4. The third-order valence-corrected chi connectivity index (χ3v) is 8.57. The average molecular weight is 462 g/mol. The monoisotopic (exact) mass is 461 g/mol. The van der Waals surface area contributed by atoms with Crippen LogP contribution >= 0.6 is 0 Å². The minimum Gasteiger partial charge on any atom is -0.465 e. The molecular weight excluding hydrogens is 426 g/mol. The van der Waals surface area contributed by atoms with E-state index >= 15 is 0 Å². The van der Waals surface area contributed by atoms with E-state index in [9.17, 15) is 9.90 Å². The van der Waals surface area contributed by atoms with Crippen LogP contribution in [0.2, 0.25) is 25.7 Å². The van der Waals surface area contributed by atoms with Crippen LogP contribution in [0.15, 0.2) is 18.5 Å². The van der Waals surface area contributed by atoms with E-state index in [1.165, 1.54) is 0 Å². The molecule has 2 aromatic heterocycles. The molecule has 0 saturated carbocycles. The van der Waals surface area contributed by atoms with Gasteiger partial charge in [-0.3, -0.25) is 0 Å². The van der Waals surface area contributed by atoms with Gasteiger partial charge in [0, 0.05) is 39.4 Å². The lowest BCUT2D eigenvalue weighted by Crippen LogP contribution is -2.54. The summed E-state index contributed by atoms with van der Waals surface area (Å²) in [5, 5.41) is 17.5. The average Bonchev–Trinajstić information content (AvgIpc) is 3.28. The van der Waals surface area contributed by atoms with Crippen molar-refractivity contribution in [3.8, 4) is 0 Å². The second-order valence-corrected chi connectivity index (χ2v) is 16.0. The first kappa shape index (κ1) is 23.0. The van der Waals surface area contributed by atoms with Gasteiger partial charge in [0.05, 0.1) is 35.9 Å². The van der Waals surface area contributed by atoms with Crippen LogP contribution in [0.5, 0.6) is 0 Å². The van der Waals surface area contributed by atoms with Gasteiger partial charge in [-0.15, -0.1) is 0 Å². The zero-order valence-corrected chi connectivity index (χ0v) is 20.5. The summed E-state index contributed by atoms with van der Waals surface area (Å²) < 4.78 is 13.7. The van der Waals surface area contributed by atoms with Crippen molar-refractivity contribution >= 4 is 30.9 Å². The highest BCUT2D eigenvalue weighted by Crippen LogP contribution is 2.43. The molecule has 4 rings (SSSR count). The van der Waals surface area contributed by atoms with Gasteiger partial charge >= 0.3 is 6.09 Å². The Kier molecular flexibility index (Phi) is 6.46. The van der Waals surface area contributed by atoms with E-state index in [2.05, 4.69) is 39.9 Å². The van der Waals surface area contributed by atoms with Crippen molar-refractivity contribution in [2.24, 2.45) is 5.41 Å². The number of nitrogens with one attached hydrogen (secondary N) is 1. The number of hydrogen-bond acceptors (Lipinski definition) is 6. The number of aromatic nitrogens is 3. The molecule has 176 valence electrons. The van der Waals surface area contributed by atoms with Crippen LogP contribution in [0.25, 0.3) is 10.9 Å². The van der Waals surface area contributed by atoms with Crippen LogP contribution in [0.1, 0.15) is 19.8 Å². The second-order valence-electron chi connectivity index (χ2n) is 10.4. The number of hydrogen-bond donors (Lipinski definition) is 2. The molecule has 1 amide bonds. The molecule has 2 aliphatic heterocycles. The van der Waals surface area contributed by atoms with E-state index in [0.29, 0.717) is 13.3 Å². The van der Waals surface area contributed by atoms with Crippen LogP contribution in [0.3, 0.4) is 0 Å². The Bertz CT molecular complexity index is 951. The molecule has 2 N–H and O–H groups in total. The number of rotatable bonds is 7. The van der Waals surface area contributed by atoms with Gasteiger partial charge in [-0.1, -0.05) is 19.6 Å². The number of pyridine rings is 1. The van der Waals surface area contributed by atoms with E-state index in [4.69, 9.17) is 9.47 Å². The quantitative estimate of drug-likeness (QED) is 0.481. The lowest BCUT2D eigenvalue weighted by atomic mass is 9.73. The third kappa shape index (κ3) is 4.77. The molecule has 2 saturated heterocycles. The van der Waals surface area contributed by atoms with Gasteiger partial charge in [0.25, 0.3) is 0 Å². The lowest BCUT2D eigenvalue weighted by Gasteiger charge is -2.42. The summed E-state index contributed by atoms with van der Waals surface area (Å²) >= 11 is 0. The molecule has 9 nitrogen and oxygen atoms in total. The normalized spacial score (nSPS) is 23.2. The predicted octanol–water partition coefficient (Wildman–Crippen LogP) is 3.39. The maximum absolute atomic E-state index is 11.3. The Morgan fingerprint density at radius 3 is 2.81 bits per heavy atom. The summed E-state index contributed by atoms with van der Waals surface area (Å²) in [5.74, 6) is 0.931. The number of fused-ring (bicyclic) bond motifs is 1. The van der Waals surface area contributed by atoms with Gasteiger partial charge in [-0.05, 0) is 31.9 Å². The van der Waals surface area contributed by atoms with Gasteiger partial charge in [0.15, 0.2) is 0 Å².